The van der Waals surface area contributed by atoms with E-state index in [9.17, 15) is 4.79 Å². The van der Waals surface area contributed by atoms with Gasteiger partial charge in [0.05, 0.1) is 22.3 Å². The minimum atomic E-state index is -0.0986. The van der Waals surface area contributed by atoms with Gasteiger partial charge in [0, 0.05) is 47.3 Å². The number of hydrogen-bond donors (Lipinski definition) is 2. The van der Waals surface area contributed by atoms with E-state index in [-0.39, 0.29) is 5.91 Å². The smallest absolute Gasteiger partial charge is 0.265 e. The van der Waals surface area contributed by atoms with Gasteiger partial charge in [-0.1, -0.05) is 6.07 Å². The summed E-state index contributed by atoms with van der Waals surface area (Å²) in [6, 6.07) is 27.1. The van der Waals surface area contributed by atoms with Crippen molar-refractivity contribution in [3.05, 3.63) is 95.3 Å². The molecule has 1 aliphatic heterocycles. The van der Waals surface area contributed by atoms with Gasteiger partial charge in [0.2, 0.25) is 0 Å². The Morgan fingerprint density at radius 1 is 0.947 bits per heavy atom. The van der Waals surface area contributed by atoms with Crippen molar-refractivity contribution in [1.29, 1.82) is 0 Å². The normalized spacial score (nSPS) is 15.3. The molecule has 3 heterocycles. The molecule has 0 saturated carbocycles. The third-order valence-corrected chi connectivity index (χ3v) is 7.97. The number of benzene rings is 3. The van der Waals surface area contributed by atoms with E-state index in [1.54, 1.807) is 0 Å². The number of carbonyl (C=O) groups excluding carboxylic acids is 1. The van der Waals surface area contributed by atoms with Crippen LogP contribution in [0.2, 0.25) is 0 Å². The lowest BCUT2D eigenvalue weighted by molar-refractivity contribution is 0.103. The first-order valence-electron chi connectivity index (χ1n) is 12.7. The maximum atomic E-state index is 12.4. The molecule has 0 spiro atoms. The average molecular weight is 523 g/mol. The summed E-state index contributed by atoms with van der Waals surface area (Å²) in [5.74, 6) is -0.0986. The summed E-state index contributed by atoms with van der Waals surface area (Å²) in [7, 11) is 4.32. The largest absolute Gasteiger partial charge is 0.370 e. The molecule has 6 rings (SSSR count). The van der Waals surface area contributed by atoms with Crippen LogP contribution in [0.15, 0.2) is 90.4 Å². The quantitative estimate of drug-likeness (QED) is 0.266. The molecule has 1 fully saturated rings. The van der Waals surface area contributed by atoms with Crippen LogP contribution in [0, 0.1) is 0 Å². The van der Waals surface area contributed by atoms with Crippen molar-refractivity contribution in [3.63, 3.8) is 0 Å². The highest BCUT2D eigenvalue weighted by Crippen LogP contribution is 2.27. The molecule has 5 aromatic rings. The summed E-state index contributed by atoms with van der Waals surface area (Å²) in [6.45, 7) is 2.18. The topological polar surface area (TPSA) is 65.4 Å². The molecule has 2 aromatic heterocycles. The second-order valence-electron chi connectivity index (χ2n) is 9.83. The van der Waals surface area contributed by atoms with Gasteiger partial charge >= 0.3 is 0 Å². The van der Waals surface area contributed by atoms with Crippen molar-refractivity contribution < 1.29 is 4.79 Å². The van der Waals surface area contributed by atoms with Gasteiger partial charge < -0.3 is 20.4 Å². The monoisotopic (exact) mass is 522 g/mol. The molecule has 7 nitrogen and oxygen atoms in total. The van der Waals surface area contributed by atoms with Gasteiger partial charge in [0.15, 0.2) is 0 Å². The second-order valence-corrected chi connectivity index (χ2v) is 10.8. The highest BCUT2D eigenvalue weighted by atomic mass is 32.1. The number of thiophene rings is 1. The van der Waals surface area contributed by atoms with Crippen molar-refractivity contribution in [2.45, 2.75) is 12.5 Å². The first-order valence-corrected chi connectivity index (χ1v) is 13.6. The van der Waals surface area contributed by atoms with Crippen molar-refractivity contribution in [1.82, 2.24) is 14.7 Å². The molecule has 192 valence electrons. The minimum Gasteiger partial charge on any atom is -0.370 e. The number of amides is 1. The number of aromatic nitrogens is 2. The standard InChI is InChI=1S/C30H30N6OS/c1-34(2)27-15-16-35(20-27)25-10-5-22(6-11-25)32-23-7-12-26(13-8-23)36-28-14-9-24(18-21(28)19-31-36)33-30(37)29-4-3-17-38-29/h3-14,17-19,27,32H,15-16,20H2,1-2H3,(H,33,37). The van der Waals surface area contributed by atoms with Crippen molar-refractivity contribution in [2.75, 3.05) is 42.7 Å². The van der Waals surface area contributed by atoms with Crippen molar-refractivity contribution >= 4 is 50.9 Å². The molecule has 38 heavy (non-hydrogen) atoms. The van der Waals surface area contributed by atoms with Crippen LogP contribution in [0.1, 0.15) is 16.1 Å². The molecular formula is C30H30N6OS. The number of anilines is 4. The molecule has 0 aliphatic carbocycles. The van der Waals surface area contributed by atoms with Crippen LogP contribution in [-0.4, -0.2) is 53.8 Å². The van der Waals surface area contributed by atoms with Gasteiger partial charge in [0.25, 0.3) is 5.91 Å². The number of fused-ring (bicyclic) bond motifs is 1. The number of nitrogens with zero attached hydrogens (tertiary/aromatic N) is 4. The molecule has 0 radical (unpaired) electrons. The van der Waals surface area contributed by atoms with Gasteiger partial charge in [-0.05, 0) is 98.7 Å². The highest BCUT2D eigenvalue weighted by Gasteiger charge is 2.23. The summed E-state index contributed by atoms with van der Waals surface area (Å²) in [4.78, 5) is 17.8. The first kappa shape index (κ1) is 24.2. The molecule has 1 aliphatic rings. The van der Waals surface area contributed by atoms with E-state index >= 15 is 0 Å². The lowest BCUT2D eigenvalue weighted by Crippen LogP contribution is -2.31. The second kappa shape index (κ2) is 10.3. The Hall–Kier alpha value is -4.14. The van der Waals surface area contributed by atoms with Crippen LogP contribution < -0.4 is 15.5 Å². The van der Waals surface area contributed by atoms with E-state index in [0.717, 1.165) is 46.7 Å². The van der Waals surface area contributed by atoms with E-state index in [2.05, 4.69) is 88.2 Å². The number of likely N-dealkylation sites (N-methyl/N-ethyl adjacent to an activating group) is 1. The number of nitrogens with one attached hydrogen (secondary N) is 2. The molecule has 3 aromatic carbocycles. The van der Waals surface area contributed by atoms with E-state index in [1.165, 1.54) is 23.4 Å². The number of carbonyl (C=O) groups is 1. The van der Waals surface area contributed by atoms with Gasteiger partial charge in [-0.15, -0.1) is 11.3 Å². The summed E-state index contributed by atoms with van der Waals surface area (Å²) in [5, 5.41) is 13.9. The summed E-state index contributed by atoms with van der Waals surface area (Å²) < 4.78 is 1.91. The van der Waals surface area contributed by atoms with Crippen LogP contribution in [0.3, 0.4) is 0 Å². The fourth-order valence-corrected chi connectivity index (χ4v) is 5.54. The number of hydrogen-bond acceptors (Lipinski definition) is 6. The Labute approximate surface area is 226 Å². The molecular weight excluding hydrogens is 492 g/mol. The number of rotatable bonds is 7. The molecule has 2 N–H and O–H groups in total. The van der Waals surface area contributed by atoms with Crippen LogP contribution in [0.5, 0.6) is 0 Å². The first-order chi connectivity index (χ1) is 18.5. The van der Waals surface area contributed by atoms with E-state index in [4.69, 9.17) is 0 Å². The Morgan fingerprint density at radius 2 is 1.66 bits per heavy atom. The minimum absolute atomic E-state index is 0.0986. The highest BCUT2D eigenvalue weighted by molar-refractivity contribution is 7.12. The maximum Gasteiger partial charge on any atom is 0.265 e. The van der Waals surface area contributed by atoms with Crippen molar-refractivity contribution in [3.8, 4) is 5.69 Å². The van der Waals surface area contributed by atoms with Crippen molar-refractivity contribution in [2.24, 2.45) is 0 Å². The molecule has 0 bridgehead atoms. The predicted octanol–water partition coefficient (Wildman–Crippen LogP) is 6.22. The molecule has 1 atom stereocenters. The maximum absolute atomic E-state index is 12.4. The lowest BCUT2D eigenvalue weighted by atomic mass is 10.2. The molecule has 1 unspecified atom stereocenters. The van der Waals surface area contributed by atoms with Crippen LogP contribution >= 0.6 is 11.3 Å². The third-order valence-electron chi connectivity index (χ3n) is 7.10. The van der Waals surface area contributed by atoms with Gasteiger partial charge in [-0.2, -0.15) is 5.10 Å². The summed E-state index contributed by atoms with van der Waals surface area (Å²) in [6.07, 6.45) is 3.03. The van der Waals surface area contributed by atoms with Gasteiger partial charge in [-0.3, -0.25) is 4.79 Å². The zero-order valence-electron chi connectivity index (χ0n) is 21.5. The summed E-state index contributed by atoms with van der Waals surface area (Å²) in [5.41, 5.74) is 6.06. The fourth-order valence-electron chi connectivity index (χ4n) is 4.92. The summed E-state index contributed by atoms with van der Waals surface area (Å²) >= 11 is 1.43. The Kier molecular flexibility index (Phi) is 6.57. The fraction of sp³-hybridized carbons (Fsp3) is 0.200. The molecule has 8 heteroatoms. The predicted molar refractivity (Wildman–Crippen MR) is 157 cm³/mol. The SMILES string of the molecule is CN(C)C1CCN(c2ccc(Nc3ccc(-n4ncc5cc(NC(=O)c6cccs6)ccc54)cc3)cc2)C1. The van der Waals surface area contributed by atoms with Crippen LogP contribution in [0.4, 0.5) is 22.7 Å². The van der Waals surface area contributed by atoms with Crippen LogP contribution in [0.25, 0.3) is 16.6 Å². The zero-order valence-corrected chi connectivity index (χ0v) is 22.3. The zero-order chi connectivity index (χ0) is 26.1. The Bertz CT molecular complexity index is 1540. The molecule has 1 saturated heterocycles. The van der Waals surface area contributed by atoms with Crippen LogP contribution in [-0.2, 0) is 0 Å². The van der Waals surface area contributed by atoms with E-state index in [1.807, 2.05) is 46.6 Å². The Morgan fingerprint density at radius 3 is 2.32 bits per heavy atom. The van der Waals surface area contributed by atoms with E-state index in [0.29, 0.717) is 10.9 Å². The third kappa shape index (κ3) is 5.01. The average Bonchev–Trinajstić information content (AvgIpc) is 3.71. The van der Waals surface area contributed by atoms with Gasteiger partial charge in [0.1, 0.15) is 0 Å². The van der Waals surface area contributed by atoms with E-state index < -0.39 is 0 Å². The Balaban J connectivity index is 1.12. The lowest BCUT2D eigenvalue weighted by Gasteiger charge is -2.22. The van der Waals surface area contributed by atoms with Gasteiger partial charge in [-0.25, -0.2) is 4.68 Å². The molecule has 1 amide bonds.